The molecule has 0 saturated carbocycles. The van der Waals surface area contributed by atoms with Gasteiger partial charge in [-0.3, -0.25) is 4.79 Å². The molecule has 3 amide bonds. The summed E-state index contributed by atoms with van der Waals surface area (Å²) in [6.07, 6.45) is 0.183. The molecule has 1 rings (SSSR count). The highest BCUT2D eigenvalue weighted by Crippen LogP contribution is 2.21. The van der Waals surface area contributed by atoms with E-state index in [2.05, 4.69) is 16.0 Å². The second-order valence-electron chi connectivity index (χ2n) is 4.54. The fourth-order valence-electron chi connectivity index (χ4n) is 1.83. The Morgan fingerprint density at radius 3 is 2.75 bits per heavy atom. The van der Waals surface area contributed by atoms with Crippen molar-refractivity contribution in [2.75, 3.05) is 13.1 Å². The van der Waals surface area contributed by atoms with Crippen molar-refractivity contribution in [3.63, 3.8) is 0 Å². The first-order valence-corrected chi connectivity index (χ1v) is 7.50. The number of carbonyl (C=O) groups excluding carboxylic acids is 2. The molecular formula is C13H22N4O2S. The van der Waals surface area contributed by atoms with E-state index in [9.17, 15) is 9.59 Å². The zero-order valence-electron chi connectivity index (χ0n) is 11.8. The number of primary amides is 1. The molecule has 0 spiro atoms. The second kappa shape index (κ2) is 8.55. The van der Waals surface area contributed by atoms with Gasteiger partial charge in [0.1, 0.15) is 0 Å². The Bertz CT molecular complexity index is 422. The SMILES string of the molecule is CCN[C@H](C)CNC(=O)CC(NC(N)=O)c1cccs1. The zero-order chi connectivity index (χ0) is 15.0. The highest BCUT2D eigenvalue weighted by atomic mass is 32.1. The third-order valence-electron chi connectivity index (χ3n) is 2.75. The standard InChI is InChI=1S/C13H22N4O2S/c1-3-15-9(2)8-16-12(18)7-10(17-13(14)19)11-5-4-6-20-11/h4-6,9-10,15H,3,7-8H2,1-2H3,(H,16,18)(H3,14,17,19)/t9-,10?/m1/s1. The molecule has 0 bridgehead atoms. The number of urea groups is 1. The summed E-state index contributed by atoms with van der Waals surface area (Å²) >= 11 is 1.48. The number of carbonyl (C=O) groups is 2. The van der Waals surface area contributed by atoms with Crippen molar-refractivity contribution in [3.05, 3.63) is 22.4 Å². The molecule has 6 nitrogen and oxygen atoms in total. The molecule has 1 aromatic heterocycles. The number of likely N-dealkylation sites (N-methyl/N-ethyl adjacent to an activating group) is 1. The van der Waals surface area contributed by atoms with Crippen LogP contribution >= 0.6 is 11.3 Å². The number of nitrogens with one attached hydrogen (secondary N) is 3. The second-order valence-corrected chi connectivity index (χ2v) is 5.52. The minimum absolute atomic E-state index is 0.109. The number of hydrogen-bond donors (Lipinski definition) is 4. The zero-order valence-corrected chi connectivity index (χ0v) is 12.6. The molecule has 5 N–H and O–H groups in total. The van der Waals surface area contributed by atoms with E-state index in [1.165, 1.54) is 11.3 Å². The minimum Gasteiger partial charge on any atom is -0.354 e. The Kier molecular flexibility index (Phi) is 7.03. The summed E-state index contributed by atoms with van der Waals surface area (Å²) < 4.78 is 0. The average Bonchev–Trinajstić information content (AvgIpc) is 2.89. The van der Waals surface area contributed by atoms with Crippen molar-refractivity contribution in [3.8, 4) is 0 Å². The van der Waals surface area contributed by atoms with Crippen LogP contribution in [0.4, 0.5) is 4.79 Å². The Morgan fingerprint density at radius 2 is 2.20 bits per heavy atom. The van der Waals surface area contributed by atoms with Crippen molar-refractivity contribution >= 4 is 23.3 Å². The maximum absolute atomic E-state index is 11.9. The molecular weight excluding hydrogens is 276 g/mol. The highest BCUT2D eigenvalue weighted by molar-refractivity contribution is 7.10. The van der Waals surface area contributed by atoms with Crippen LogP contribution in [0.1, 0.15) is 31.2 Å². The molecule has 2 atom stereocenters. The molecule has 7 heteroatoms. The van der Waals surface area contributed by atoms with E-state index in [-0.39, 0.29) is 24.4 Å². The number of rotatable bonds is 8. The third kappa shape index (κ3) is 6.03. The summed E-state index contributed by atoms with van der Waals surface area (Å²) in [5.41, 5.74) is 5.15. The topological polar surface area (TPSA) is 96.2 Å². The van der Waals surface area contributed by atoms with E-state index in [1.807, 2.05) is 31.4 Å². The lowest BCUT2D eigenvalue weighted by molar-refractivity contribution is -0.121. The number of thiophene rings is 1. The quantitative estimate of drug-likeness (QED) is 0.575. The van der Waals surface area contributed by atoms with Gasteiger partial charge in [-0.1, -0.05) is 13.0 Å². The van der Waals surface area contributed by atoms with Gasteiger partial charge in [0.2, 0.25) is 5.91 Å². The summed E-state index contributed by atoms with van der Waals surface area (Å²) in [6, 6.07) is 2.97. The maximum atomic E-state index is 11.9. The van der Waals surface area contributed by atoms with Crippen LogP contribution in [-0.4, -0.2) is 31.1 Å². The van der Waals surface area contributed by atoms with E-state index < -0.39 is 6.03 Å². The van der Waals surface area contributed by atoms with Gasteiger partial charge in [0, 0.05) is 17.5 Å². The predicted octanol–water partition coefficient (Wildman–Crippen LogP) is 0.962. The van der Waals surface area contributed by atoms with Crippen LogP contribution in [-0.2, 0) is 4.79 Å². The van der Waals surface area contributed by atoms with Gasteiger partial charge in [-0.15, -0.1) is 11.3 Å². The third-order valence-corrected chi connectivity index (χ3v) is 3.74. The average molecular weight is 298 g/mol. The molecule has 0 aliphatic carbocycles. The molecule has 0 aliphatic heterocycles. The molecule has 112 valence electrons. The van der Waals surface area contributed by atoms with Gasteiger partial charge in [-0.25, -0.2) is 4.79 Å². The normalized spacial score (nSPS) is 13.5. The molecule has 0 radical (unpaired) electrons. The Hall–Kier alpha value is -1.60. The van der Waals surface area contributed by atoms with Crippen molar-refractivity contribution in [1.82, 2.24) is 16.0 Å². The fraction of sp³-hybridized carbons (Fsp3) is 0.538. The first-order valence-electron chi connectivity index (χ1n) is 6.62. The molecule has 0 aromatic carbocycles. The van der Waals surface area contributed by atoms with E-state index in [4.69, 9.17) is 5.73 Å². The van der Waals surface area contributed by atoms with Crippen LogP contribution in [0.25, 0.3) is 0 Å². The van der Waals surface area contributed by atoms with Gasteiger partial charge in [-0.2, -0.15) is 0 Å². The van der Waals surface area contributed by atoms with Crippen molar-refractivity contribution in [2.45, 2.75) is 32.4 Å². The molecule has 0 saturated heterocycles. The Labute approximate surface area is 123 Å². The smallest absolute Gasteiger partial charge is 0.312 e. The molecule has 20 heavy (non-hydrogen) atoms. The van der Waals surface area contributed by atoms with Crippen LogP contribution < -0.4 is 21.7 Å². The first kappa shape index (κ1) is 16.5. The van der Waals surface area contributed by atoms with Crippen LogP contribution in [0, 0.1) is 0 Å². The van der Waals surface area contributed by atoms with Crippen molar-refractivity contribution < 1.29 is 9.59 Å². The number of amides is 3. The summed E-state index contributed by atoms with van der Waals surface area (Å²) in [5, 5.41) is 10.6. The van der Waals surface area contributed by atoms with Crippen LogP contribution in [0.2, 0.25) is 0 Å². The van der Waals surface area contributed by atoms with Crippen molar-refractivity contribution in [1.29, 1.82) is 0 Å². The molecule has 1 unspecified atom stereocenters. The monoisotopic (exact) mass is 298 g/mol. The summed E-state index contributed by atoms with van der Waals surface area (Å²) in [5.74, 6) is -0.109. The molecule has 1 aromatic rings. The van der Waals surface area contributed by atoms with Gasteiger partial charge in [-0.05, 0) is 24.9 Å². The minimum atomic E-state index is -0.628. The maximum Gasteiger partial charge on any atom is 0.312 e. The molecule has 0 aliphatic rings. The summed E-state index contributed by atoms with van der Waals surface area (Å²) in [4.78, 5) is 23.8. The highest BCUT2D eigenvalue weighted by Gasteiger charge is 2.18. The molecule has 0 fully saturated rings. The van der Waals surface area contributed by atoms with Gasteiger partial charge in [0.15, 0.2) is 0 Å². The molecule has 1 heterocycles. The lowest BCUT2D eigenvalue weighted by Gasteiger charge is -2.17. The van der Waals surface area contributed by atoms with Gasteiger partial charge in [0.05, 0.1) is 12.5 Å². The van der Waals surface area contributed by atoms with Crippen LogP contribution in [0.3, 0.4) is 0 Å². The lowest BCUT2D eigenvalue weighted by atomic mass is 10.1. The fourth-order valence-corrected chi connectivity index (χ4v) is 2.61. The van der Waals surface area contributed by atoms with Gasteiger partial charge >= 0.3 is 6.03 Å². The van der Waals surface area contributed by atoms with Crippen molar-refractivity contribution in [2.24, 2.45) is 5.73 Å². The van der Waals surface area contributed by atoms with Gasteiger partial charge < -0.3 is 21.7 Å². The first-order chi connectivity index (χ1) is 9.52. The van der Waals surface area contributed by atoms with Crippen LogP contribution in [0.15, 0.2) is 17.5 Å². The largest absolute Gasteiger partial charge is 0.354 e. The summed E-state index contributed by atoms with van der Waals surface area (Å²) in [7, 11) is 0. The lowest BCUT2D eigenvalue weighted by Crippen LogP contribution is -2.41. The number of nitrogens with two attached hydrogens (primary N) is 1. The van der Waals surface area contributed by atoms with E-state index >= 15 is 0 Å². The summed E-state index contributed by atoms with van der Waals surface area (Å²) in [6.45, 7) is 5.43. The van der Waals surface area contributed by atoms with Gasteiger partial charge in [0.25, 0.3) is 0 Å². The predicted molar refractivity (Wildman–Crippen MR) is 80.5 cm³/mol. The Morgan fingerprint density at radius 1 is 1.45 bits per heavy atom. The van der Waals surface area contributed by atoms with E-state index in [0.717, 1.165) is 11.4 Å². The van der Waals surface area contributed by atoms with E-state index in [1.54, 1.807) is 0 Å². The van der Waals surface area contributed by atoms with Crippen LogP contribution in [0.5, 0.6) is 0 Å². The Balaban J connectivity index is 2.48. The number of hydrogen-bond acceptors (Lipinski definition) is 4. The van der Waals surface area contributed by atoms with E-state index in [0.29, 0.717) is 6.54 Å².